The molecule has 0 aromatic heterocycles. The van der Waals surface area contributed by atoms with Crippen LogP contribution < -0.4 is 0 Å². The Morgan fingerprint density at radius 3 is 3.09 bits per heavy atom. The van der Waals surface area contributed by atoms with Gasteiger partial charge >= 0.3 is 0 Å². The number of ether oxygens (including phenoxy) is 2. The maximum atomic E-state index is 13.3. The van der Waals surface area contributed by atoms with Crippen molar-refractivity contribution in [1.82, 2.24) is 4.90 Å². The SMILES string of the molecule is C=CCO[C@@H]1CC[C@@H]2[C@H]1OCCN2C(=O)c1ccc(F)c(Cl)c1. The predicted molar refractivity (Wildman–Crippen MR) is 85.1 cm³/mol. The number of benzene rings is 1. The third-order valence-corrected chi connectivity index (χ3v) is 4.68. The first kappa shape index (κ1) is 16.4. The molecule has 1 amide bonds. The highest BCUT2D eigenvalue weighted by Gasteiger charge is 2.45. The number of carbonyl (C=O) groups is 1. The van der Waals surface area contributed by atoms with Crippen molar-refractivity contribution in [3.05, 3.63) is 47.3 Å². The number of amides is 1. The zero-order chi connectivity index (χ0) is 16.4. The van der Waals surface area contributed by atoms with Gasteiger partial charge in [-0.15, -0.1) is 6.58 Å². The lowest BCUT2D eigenvalue weighted by Crippen LogP contribution is -2.53. The van der Waals surface area contributed by atoms with E-state index in [0.717, 1.165) is 12.8 Å². The molecule has 0 spiro atoms. The monoisotopic (exact) mass is 339 g/mol. The van der Waals surface area contributed by atoms with Crippen molar-refractivity contribution in [3.8, 4) is 0 Å². The molecular formula is C17H19ClFNO3. The Morgan fingerprint density at radius 2 is 2.35 bits per heavy atom. The molecule has 1 saturated heterocycles. The summed E-state index contributed by atoms with van der Waals surface area (Å²) in [6, 6.07) is 4.05. The maximum Gasteiger partial charge on any atom is 0.254 e. The molecule has 124 valence electrons. The molecule has 4 nitrogen and oxygen atoms in total. The Morgan fingerprint density at radius 1 is 1.52 bits per heavy atom. The van der Waals surface area contributed by atoms with Crippen LogP contribution in [0.1, 0.15) is 23.2 Å². The van der Waals surface area contributed by atoms with Gasteiger partial charge in [-0.05, 0) is 31.0 Å². The van der Waals surface area contributed by atoms with Crippen LogP contribution in [0.15, 0.2) is 30.9 Å². The summed E-state index contributed by atoms with van der Waals surface area (Å²) >= 11 is 5.79. The normalized spacial score (nSPS) is 26.9. The first-order valence-electron chi connectivity index (χ1n) is 7.72. The fourth-order valence-electron chi connectivity index (χ4n) is 3.33. The molecule has 0 unspecified atom stereocenters. The number of hydrogen-bond donors (Lipinski definition) is 0. The van der Waals surface area contributed by atoms with Gasteiger partial charge in [-0.3, -0.25) is 4.79 Å². The Hall–Kier alpha value is -1.43. The van der Waals surface area contributed by atoms with Crippen LogP contribution >= 0.6 is 11.6 Å². The molecule has 1 saturated carbocycles. The van der Waals surface area contributed by atoms with Gasteiger partial charge in [-0.1, -0.05) is 17.7 Å². The lowest BCUT2D eigenvalue weighted by atomic mass is 10.1. The second-order valence-corrected chi connectivity index (χ2v) is 6.18. The van der Waals surface area contributed by atoms with Gasteiger partial charge in [0.05, 0.1) is 30.4 Å². The molecule has 1 aromatic rings. The first-order chi connectivity index (χ1) is 11.1. The highest BCUT2D eigenvalue weighted by atomic mass is 35.5. The van der Waals surface area contributed by atoms with E-state index in [1.807, 2.05) is 0 Å². The van der Waals surface area contributed by atoms with Gasteiger partial charge in [0.2, 0.25) is 0 Å². The first-order valence-corrected chi connectivity index (χ1v) is 8.09. The van der Waals surface area contributed by atoms with Gasteiger partial charge in [-0.25, -0.2) is 4.39 Å². The van der Waals surface area contributed by atoms with Gasteiger partial charge in [0.25, 0.3) is 5.91 Å². The van der Waals surface area contributed by atoms with Gasteiger partial charge < -0.3 is 14.4 Å². The molecule has 0 bridgehead atoms. The number of halogens is 2. The van der Waals surface area contributed by atoms with Crippen molar-refractivity contribution in [2.75, 3.05) is 19.8 Å². The van der Waals surface area contributed by atoms with Crippen molar-refractivity contribution < 1.29 is 18.7 Å². The fourth-order valence-corrected chi connectivity index (χ4v) is 3.51. The van der Waals surface area contributed by atoms with Gasteiger partial charge in [0.1, 0.15) is 11.9 Å². The molecule has 23 heavy (non-hydrogen) atoms. The summed E-state index contributed by atoms with van der Waals surface area (Å²) in [7, 11) is 0. The van der Waals surface area contributed by atoms with Crippen LogP contribution in [0.5, 0.6) is 0 Å². The quantitative estimate of drug-likeness (QED) is 0.791. The summed E-state index contributed by atoms with van der Waals surface area (Å²) in [4.78, 5) is 14.6. The van der Waals surface area contributed by atoms with E-state index in [-0.39, 0.29) is 29.2 Å². The summed E-state index contributed by atoms with van der Waals surface area (Å²) in [6.45, 7) is 5.11. The second kappa shape index (κ2) is 6.99. The van der Waals surface area contributed by atoms with E-state index < -0.39 is 5.82 Å². The van der Waals surface area contributed by atoms with Crippen LogP contribution in [0.2, 0.25) is 5.02 Å². The Balaban J connectivity index is 1.76. The van der Waals surface area contributed by atoms with E-state index in [1.54, 1.807) is 11.0 Å². The molecule has 0 radical (unpaired) electrons. The Labute approximate surface area is 139 Å². The fraction of sp³-hybridized carbons (Fsp3) is 0.471. The molecule has 3 rings (SSSR count). The van der Waals surface area contributed by atoms with Crippen molar-refractivity contribution in [2.24, 2.45) is 0 Å². The molecule has 1 aliphatic heterocycles. The minimum Gasteiger partial charge on any atom is -0.372 e. The molecular weight excluding hydrogens is 321 g/mol. The summed E-state index contributed by atoms with van der Waals surface area (Å²) in [5, 5.41) is -0.0423. The van der Waals surface area contributed by atoms with Crippen LogP contribution in [0.4, 0.5) is 4.39 Å². The topological polar surface area (TPSA) is 38.8 Å². The molecule has 1 heterocycles. The van der Waals surface area contributed by atoms with E-state index in [4.69, 9.17) is 21.1 Å². The summed E-state index contributed by atoms with van der Waals surface area (Å²) in [5.74, 6) is -0.670. The van der Waals surface area contributed by atoms with Crippen LogP contribution in [0, 0.1) is 5.82 Å². The Bertz CT molecular complexity index is 610. The number of fused-ring (bicyclic) bond motifs is 1. The maximum absolute atomic E-state index is 13.3. The lowest BCUT2D eigenvalue weighted by molar-refractivity contribution is -0.100. The number of hydrogen-bond acceptors (Lipinski definition) is 3. The van der Waals surface area contributed by atoms with E-state index in [1.165, 1.54) is 18.2 Å². The highest BCUT2D eigenvalue weighted by molar-refractivity contribution is 6.31. The largest absolute Gasteiger partial charge is 0.372 e. The zero-order valence-electron chi connectivity index (χ0n) is 12.7. The molecule has 1 aromatic carbocycles. The lowest BCUT2D eigenvalue weighted by Gasteiger charge is -2.39. The summed E-state index contributed by atoms with van der Waals surface area (Å²) in [6.07, 6.45) is 3.23. The van der Waals surface area contributed by atoms with Crippen molar-refractivity contribution in [2.45, 2.75) is 31.1 Å². The van der Waals surface area contributed by atoms with Gasteiger partial charge in [0, 0.05) is 12.1 Å². The third kappa shape index (κ3) is 3.27. The van der Waals surface area contributed by atoms with Crippen molar-refractivity contribution in [3.63, 3.8) is 0 Å². The molecule has 2 fully saturated rings. The molecule has 2 aliphatic rings. The smallest absolute Gasteiger partial charge is 0.254 e. The van der Waals surface area contributed by atoms with E-state index >= 15 is 0 Å². The van der Waals surface area contributed by atoms with Crippen LogP contribution in [-0.4, -0.2) is 48.8 Å². The minimum absolute atomic E-state index is 0.0186. The molecule has 3 atom stereocenters. The minimum atomic E-state index is -0.526. The summed E-state index contributed by atoms with van der Waals surface area (Å²) < 4.78 is 24.9. The van der Waals surface area contributed by atoms with Crippen LogP contribution in [-0.2, 0) is 9.47 Å². The number of carbonyl (C=O) groups excluding carboxylic acids is 1. The van der Waals surface area contributed by atoms with E-state index in [2.05, 4.69) is 6.58 Å². The number of morpholine rings is 1. The van der Waals surface area contributed by atoms with Gasteiger partial charge in [0.15, 0.2) is 0 Å². The molecule has 0 N–H and O–H groups in total. The molecule has 1 aliphatic carbocycles. The average Bonchev–Trinajstić information content (AvgIpc) is 2.98. The summed E-state index contributed by atoms with van der Waals surface area (Å²) in [5.41, 5.74) is 0.396. The van der Waals surface area contributed by atoms with E-state index in [0.29, 0.717) is 25.3 Å². The van der Waals surface area contributed by atoms with Crippen molar-refractivity contribution >= 4 is 17.5 Å². The molecule has 6 heteroatoms. The zero-order valence-corrected chi connectivity index (χ0v) is 13.5. The second-order valence-electron chi connectivity index (χ2n) is 5.77. The van der Waals surface area contributed by atoms with Crippen LogP contribution in [0.3, 0.4) is 0 Å². The number of nitrogens with zero attached hydrogens (tertiary/aromatic N) is 1. The number of rotatable bonds is 4. The third-order valence-electron chi connectivity index (χ3n) is 4.39. The van der Waals surface area contributed by atoms with Gasteiger partial charge in [-0.2, -0.15) is 0 Å². The van der Waals surface area contributed by atoms with Crippen LogP contribution in [0.25, 0.3) is 0 Å². The predicted octanol–water partition coefficient (Wildman–Crippen LogP) is 3.05. The standard InChI is InChI=1S/C17H19ClFNO3/c1-2-8-22-15-6-5-14-16(15)23-9-7-20(14)17(21)11-3-4-13(19)12(18)10-11/h2-4,10,14-16H,1,5-9H2/t14-,15-,16-/m1/s1. The Kier molecular flexibility index (Phi) is 4.99. The average molecular weight is 340 g/mol. The van der Waals surface area contributed by atoms with E-state index in [9.17, 15) is 9.18 Å². The van der Waals surface area contributed by atoms with Crippen molar-refractivity contribution in [1.29, 1.82) is 0 Å². The highest BCUT2D eigenvalue weighted by Crippen LogP contribution is 2.33.